The molecule has 0 saturated heterocycles. The lowest BCUT2D eigenvalue weighted by Gasteiger charge is -2.26. The summed E-state index contributed by atoms with van der Waals surface area (Å²) in [4.78, 5) is 49.7. The maximum Gasteiger partial charge on any atom is 0.336 e. The predicted octanol–water partition coefficient (Wildman–Crippen LogP) is 8.92. The molecule has 5 heterocycles. The van der Waals surface area contributed by atoms with Crippen LogP contribution in [-0.2, 0) is 39.3 Å². The van der Waals surface area contributed by atoms with Gasteiger partial charge in [-0.05, 0) is 84.8 Å². The Morgan fingerprint density at radius 3 is 1.59 bits per heavy atom. The van der Waals surface area contributed by atoms with Crippen LogP contribution < -0.4 is 5.43 Å². The molecule has 8 rings (SSSR count). The molecule has 2 N–H and O–H groups in total. The number of aromatic hydroxyl groups is 1. The van der Waals surface area contributed by atoms with Gasteiger partial charge in [0.25, 0.3) is 0 Å². The molecule has 6 aromatic rings. The van der Waals surface area contributed by atoms with E-state index < -0.39 is 5.97 Å². The number of aromatic carboxylic acids is 1. The lowest BCUT2D eigenvalue weighted by molar-refractivity contribution is 0.0697. The third-order valence-corrected chi connectivity index (χ3v) is 10.5. The van der Waals surface area contributed by atoms with Gasteiger partial charge in [0.05, 0.1) is 44.5 Å². The number of aryl methyl sites for hydroxylation is 1. The number of carboxylic acid groups (broad SMARTS) is 1. The van der Waals surface area contributed by atoms with Crippen molar-refractivity contribution in [3.05, 3.63) is 194 Å². The minimum absolute atomic E-state index is 0.0521. The van der Waals surface area contributed by atoms with Gasteiger partial charge in [0.2, 0.25) is 0 Å². The molecule has 0 unspecified atom stereocenters. The number of phenols is 1. The lowest BCUT2D eigenvalue weighted by atomic mass is 9.87. The van der Waals surface area contributed by atoms with E-state index in [4.69, 9.17) is 16.0 Å². The zero-order valence-corrected chi connectivity index (χ0v) is 32.9. The first-order valence-electron chi connectivity index (χ1n) is 19.0. The summed E-state index contributed by atoms with van der Waals surface area (Å²) >= 11 is 6.90. The number of rotatable bonds is 14. The fourth-order valence-corrected chi connectivity index (χ4v) is 7.73. The third-order valence-electron chi connectivity index (χ3n) is 10.2. The topological polar surface area (TPSA) is 146 Å². The maximum atomic E-state index is 14.5. The van der Waals surface area contributed by atoms with Gasteiger partial charge in [-0.2, -0.15) is 0 Å². The molecule has 294 valence electrons. The van der Waals surface area contributed by atoms with Crippen LogP contribution in [-0.4, -0.2) is 45.9 Å². The Morgan fingerprint density at radius 1 is 0.644 bits per heavy atom. The minimum atomic E-state index is -1.13. The van der Waals surface area contributed by atoms with E-state index in [1.54, 1.807) is 68.1 Å². The van der Waals surface area contributed by atoms with E-state index >= 15 is 0 Å². The van der Waals surface area contributed by atoms with Crippen molar-refractivity contribution in [2.75, 3.05) is 0 Å². The summed E-state index contributed by atoms with van der Waals surface area (Å²) in [5.74, 6) is -1.06. The number of hydrogen-bond acceptors (Lipinski definition) is 10. The zero-order valence-electron chi connectivity index (χ0n) is 32.1. The summed E-state index contributed by atoms with van der Waals surface area (Å²) in [5, 5.41) is 22.9. The number of nitrogens with zero attached hydrogens (tertiary/aromatic N) is 6. The normalized spacial score (nSPS) is 11.5. The number of carbonyl (C=O) groups is 1. The molecule has 2 aromatic carbocycles. The van der Waals surface area contributed by atoms with Gasteiger partial charge in [-0.3, -0.25) is 34.5 Å². The van der Waals surface area contributed by atoms with E-state index in [-0.39, 0.29) is 46.2 Å². The van der Waals surface area contributed by atoms with Crippen LogP contribution in [0.4, 0.5) is 0 Å². The van der Waals surface area contributed by atoms with Crippen LogP contribution in [0.25, 0.3) is 33.4 Å². The third kappa shape index (κ3) is 8.58. The van der Waals surface area contributed by atoms with Crippen LogP contribution in [0.3, 0.4) is 0 Å². The van der Waals surface area contributed by atoms with E-state index in [1.165, 1.54) is 0 Å². The molecule has 2 aliphatic rings. The second-order valence-electron chi connectivity index (χ2n) is 14.3. The van der Waals surface area contributed by atoms with Crippen LogP contribution in [0.2, 0.25) is 5.02 Å². The zero-order chi connectivity index (χ0) is 40.9. The first kappa shape index (κ1) is 39.1. The lowest BCUT2D eigenvalue weighted by Crippen LogP contribution is -2.28. The Labute approximate surface area is 345 Å². The molecule has 0 atom stereocenters. The van der Waals surface area contributed by atoms with Gasteiger partial charge in [-0.25, -0.2) is 4.79 Å². The summed E-state index contributed by atoms with van der Waals surface area (Å²) < 4.78 is 6.96. The molecule has 0 saturated carbocycles. The average Bonchev–Trinajstić information content (AvgIpc) is 3.25. The Hall–Kier alpha value is -6.79. The van der Waals surface area contributed by atoms with Crippen molar-refractivity contribution in [3.8, 4) is 28.2 Å². The van der Waals surface area contributed by atoms with Crippen LogP contribution >= 0.6 is 11.6 Å². The van der Waals surface area contributed by atoms with Crippen molar-refractivity contribution in [2.45, 2.75) is 46.2 Å². The number of fused-ring (bicyclic) bond motifs is 2. The summed E-state index contributed by atoms with van der Waals surface area (Å²) in [6.07, 6.45) is 6.91. The van der Waals surface area contributed by atoms with Crippen molar-refractivity contribution in [3.63, 3.8) is 0 Å². The summed E-state index contributed by atoms with van der Waals surface area (Å²) in [6, 6.07) is 32.8. The van der Waals surface area contributed by atoms with Crippen LogP contribution in [0, 0.1) is 6.92 Å². The first-order chi connectivity index (χ1) is 28.7. The number of carboxylic acids is 1. The van der Waals surface area contributed by atoms with Gasteiger partial charge < -0.3 is 14.6 Å². The second-order valence-corrected chi connectivity index (χ2v) is 14.7. The van der Waals surface area contributed by atoms with Crippen LogP contribution in [0.15, 0.2) is 143 Å². The van der Waals surface area contributed by atoms with Crippen molar-refractivity contribution < 1.29 is 19.4 Å². The Kier molecular flexibility index (Phi) is 11.5. The van der Waals surface area contributed by atoms with E-state index in [1.807, 2.05) is 72.8 Å². The molecule has 12 heteroatoms. The largest absolute Gasteiger partial charge is 0.506 e. The van der Waals surface area contributed by atoms with E-state index in [9.17, 15) is 19.8 Å². The molecule has 0 spiro atoms. The van der Waals surface area contributed by atoms with Crippen LogP contribution in [0.1, 0.15) is 49.8 Å². The van der Waals surface area contributed by atoms with Crippen molar-refractivity contribution >= 4 is 28.5 Å². The van der Waals surface area contributed by atoms with Gasteiger partial charge in [0.1, 0.15) is 17.1 Å². The van der Waals surface area contributed by atoms with Gasteiger partial charge in [0, 0.05) is 80.6 Å². The summed E-state index contributed by atoms with van der Waals surface area (Å²) in [5.41, 5.74) is 5.88. The summed E-state index contributed by atoms with van der Waals surface area (Å²) in [7, 11) is 0. The first-order valence-corrected chi connectivity index (χ1v) is 19.4. The Morgan fingerprint density at radius 2 is 1.12 bits per heavy atom. The Balaban J connectivity index is 1.37. The van der Waals surface area contributed by atoms with Crippen LogP contribution in [0.5, 0.6) is 5.75 Å². The molecule has 0 radical (unpaired) electrons. The fraction of sp³-hybridized carbons (Fsp3) is 0.149. The highest BCUT2D eigenvalue weighted by atomic mass is 35.5. The molecule has 0 amide bonds. The van der Waals surface area contributed by atoms with Crippen molar-refractivity contribution in [2.24, 2.45) is 0 Å². The highest BCUT2D eigenvalue weighted by Crippen LogP contribution is 2.47. The molecule has 0 bridgehead atoms. The second kappa shape index (κ2) is 17.4. The smallest absolute Gasteiger partial charge is 0.336 e. The highest BCUT2D eigenvalue weighted by molar-refractivity contribution is 6.33. The van der Waals surface area contributed by atoms with Gasteiger partial charge >= 0.3 is 5.97 Å². The average molecular weight is 803 g/mol. The highest BCUT2D eigenvalue weighted by Gasteiger charge is 2.30. The molecule has 1 aliphatic carbocycles. The molecular weight excluding hydrogens is 764 g/mol. The van der Waals surface area contributed by atoms with Gasteiger partial charge in [-0.1, -0.05) is 54.1 Å². The van der Waals surface area contributed by atoms with E-state index in [0.29, 0.717) is 64.9 Å². The van der Waals surface area contributed by atoms with E-state index in [0.717, 1.165) is 22.8 Å². The van der Waals surface area contributed by atoms with Gasteiger partial charge in [-0.15, -0.1) is 0 Å². The number of pyridine rings is 4. The molecule has 0 fully saturated rings. The van der Waals surface area contributed by atoms with Gasteiger partial charge in [0.15, 0.2) is 5.43 Å². The predicted molar refractivity (Wildman–Crippen MR) is 226 cm³/mol. The number of benzene rings is 3. The Bertz CT molecular complexity index is 2690. The number of hydrogen-bond donors (Lipinski definition) is 2. The molecular formula is C47H39ClN6O5. The standard InChI is InChI=1S/C47H39ClN6O5/c1-30-22-37-42(35-16-2-3-17-36(35)47(57)58)38-23-41(48)44(56)40(29-54(26-33-14-6-10-20-51-33)27-34-15-7-11-21-52-34)46(38)59-45(37)39(43(30)55)28-53(24-31-12-4-8-18-49-31)25-32-13-5-9-19-50-32/h2-23,56H,24-29H2,1H3,(H,57,58). The van der Waals surface area contributed by atoms with E-state index in [2.05, 4.69) is 29.7 Å². The monoisotopic (exact) mass is 802 g/mol. The number of phenolic OH excluding ortho intramolecular Hbond substituents is 1. The van der Waals surface area contributed by atoms with Crippen molar-refractivity contribution in [1.82, 2.24) is 29.7 Å². The SMILES string of the molecule is Cc1cc2c(-c3ccccc3C(=O)O)c3cc(Cl)c(O)c(CN(Cc4ccccn4)Cc4ccccn4)c3oc-2c(CN(Cc2ccccn2)Cc2ccccn2)c1=O. The molecule has 1 aliphatic heterocycles. The summed E-state index contributed by atoms with van der Waals surface area (Å²) in [6.45, 7) is 3.57. The number of halogens is 1. The molecule has 11 nitrogen and oxygen atoms in total. The van der Waals surface area contributed by atoms with Crippen molar-refractivity contribution in [1.29, 1.82) is 0 Å². The molecule has 59 heavy (non-hydrogen) atoms. The number of aromatic nitrogens is 4. The maximum absolute atomic E-state index is 14.5. The fourth-order valence-electron chi connectivity index (χ4n) is 7.51. The quantitative estimate of drug-likeness (QED) is 0.102. The molecule has 4 aromatic heterocycles. The minimum Gasteiger partial charge on any atom is -0.506 e.